The van der Waals surface area contributed by atoms with Crippen LogP contribution in [0.25, 0.3) is 0 Å². The van der Waals surface area contributed by atoms with Crippen LogP contribution < -0.4 is 5.32 Å². The molecule has 1 heterocycles. The summed E-state index contributed by atoms with van der Waals surface area (Å²) in [6.45, 7) is 1.70. The number of methoxy groups -OCH3 is 1. The molecule has 0 fully saturated rings. The number of halogens is 1. The highest BCUT2D eigenvalue weighted by Gasteiger charge is 2.15. The van der Waals surface area contributed by atoms with Gasteiger partial charge in [0.2, 0.25) is 5.91 Å². The predicted molar refractivity (Wildman–Crippen MR) is 91.0 cm³/mol. The van der Waals surface area contributed by atoms with Crippen molar-refractivity contribution in [3.05, 3.63) is 52.4 Å². The first-order valence-corrected chi connectivity index (χ1v) is 8.33. The first kappa shape index (κ1) is 17.4. The molecule has 0 bridgehead atoms. The minimum absolute atomic E-state index is 0.117. The van der Waals surface area contributed by atoms with Crippen LogP contribution in [0.3, 0.4) is 0 Å². The minimum Gasteiger partial charge on any atom is -0.465 e. The number of thioether (sulfide) groups is 1. The number of esters is 1. The molecule has 0 atom stereocenters. The molecule has 5 nitrogen and oxygen atoms in total. The van der Waals surface area contributed by atoms with Crippen molar-refractivity contribution in [1.82, 2.24) is 0 Å². The maximum Gasteiger partial charge on any atom is 0.341 e. The van der Waals surface area contributed by atoms with Crippen molar-refractivity contribution in [2.24, 2.45) is 0 Å². The summed E-state index contributed by atoms with van der Waals surface area (Å²) < 4.78 is 10.2. The summed E-state index contributed by atoms with van der Waals surface area (Å²) in [7, 11) is 1.32. The zero-order valence-electron chi connectivity index (χ0n) is 12.7. The van der Waals surface area contributed by atoms with E-state index in [1.807, 2.05) is 0 Å². The van der Waals surface area contributed by atoms with Gasteiger partial charge in [-0.25, -0.2) is 4.79 Å². The average Bonchev–Trinajstić information content (AvgIpc) is 2.89. The van der Waals surface area contributed by atoms with Crippen LogP contribution >= 0.6 is 23.4 Å². The second-order valence-electron chi connectivity index (χ2n) is 4.72. The minimum atomic E-state index is -0.428. The van der Waals surface area contributed by atoms with Crippen LogP contribution in [0.2, 0.25) is 5.02 Å². The zero-order chi connectivity index (χ0) is 16.8. The lowest BCUT2D eigenvalue weighted by Gasteiger charge is -2.04. The Bertz CT molecular complexity index is 697. The monoisotopic (exact) mass is 353 g/mol. The van der Waals surface area contributed by atoms with Crippen LogP contribution in [-0.4, -0.2) is 24.7 Å². The molecule has 0 aliphatic carbocycles. The molecule has 1 N–H and O–H groups in total. The summed E-state index contributed by atoms with van der Waals surface area (Å²) in [6, 6.07) is 8.55. The number of hydrogen-bond acceptors (Lipinski definition) is 5. The van der Waals surface area contributed by atoms with Crippen molar-refractivity contribution in [2.45, 2.75) is 12.7 Å². The lowest BCUT2D eigenvalue weighted by atomic mass is 10.2. The Labute approximate surface area is 143 Å². The number of aryl methyl sites for hydroxylation is 1. The van der Waals surface area contributed by atoms with Crippen LogP contribution in [0, 0.1) is 6.92 Å². The smallest absolute Gasteiger partial charge is 0.341 e. The molecule has 1 aromatic carbocycles. The lowest BCUT2D eigenvalue weighted by Crippen LogP contribution is -2.13. The summed E-state index contributed by atoms with van der Waals surface area (Å²) in [6.07, 6.45) is 0. The molecule has 0 aliphatic heterocycles. The summed E-state index contributed by atoms with van der Waals surface area (Å²) >= 11 is 7.18. The van der Waals surface area contributed by atoms with E-state index in [0.717, 1.165) is 0 Å². The number of ether oxygens (including phenoxy) is 1. The fraction of sp³-hybridized carbons (Fsp3) is 0.250. The Balaban J connectivity index is 1.81. The molecular formula is C16H16ClNO4S. The van der Waals surface area contributed by atoms with E-state index in [2.05, 4.69) is 10.1 Å². The van der Waals surface area contributed by atoms with Crippen molar-refractivity contribution >= 4 is 40.9 Å². The van der Waals surface area contributed by atoms with E-state index in [0.29, 0.717) is 33.5 Å². The maximum absolute atomic E-state index is 11.8. The van der Waals surface area contributed by atoms with Crippen LogP contribution in [-0.2, 0) is 15.3 Å². The van der Waals surface area contributed by atoms with Gasteiger partial charge in [0, 0.05) is 10.7 Å². The summed E-state index contributed by atoms with van der Waals surface area (Å²) in [4.78, 5) is 23.3. The molecule has 122 valence electrons. The highest BCUT2D eigenvalue weighted by molar-refractivity contribution is 7.99. The van der Waals surface area contributed by atoms with Gasteiger partial charge in [-0.1, -0.05) is 11.6 Å². The van der Waals surface area contributed by atoms with Gasteiger partial charge in [0.25, 0.3) is 0 Å². The van der Waals surface area contributed by atoms with Gasteiger partial charge < -0.3 is 14.5 Å². The third-order valence-corrected chi connectivity index (χ3v) is 4.19. The number of rotatable bonds is 6. The number of furan rings is 1. The topological polar surface area (TPSA) is 68.5 Å². The standard InChI is InChI=1S/C16H16ClNO4S/c1-10-14(16(20)21-2)7-13(22-10)8-23-9-15(19)18-12-5-3-11(17)4-6-12/h3-7H,8-9H2,1-2H3,(H,18,19). The second kappa shape index (κ2) is 8.08. The van der Waals surface area contributed by atoms with Crippen molar-refractivity contribution < 1.29 is 18.7 Å². The van der Waals surface area contributed by atoms with Crippen molar-refractivity contribution in [2.75, 3.05) is 18.2 Å². The van der Waals surface area contributed by atoms with Crippen molar-refractivity contribution in [3.8, 4) is 0 Å². The van der Waals surface area contributed by atoms with Gasteiger partial charge in [-0.05, 0) is 37.3 Å². The number of carbonyl (C=O) groups is 2. The van der Waals surface area contributed by atoms with E-state index in [1.165, 1.54) is 18.9 Å². The maximum atomic E-state index is 11.8. The van der Waals surface area contributed by atoms with Gasteiger partial charge in [0.15, 0.2) is 0 Å². The number of carbonyl (C=O) groups excluding carboxylic acids is 2. The number of anilines is 1. The molecule has 0 aliphatic rings. The van der Waals surface area contributed by atoms with E-state index < -0.39 is 5.97 Å². The molecule has 23 heavy (non-hydrogen) atoms. The molecule has 0 unspecified atom stereocenters. The Hall–Kier alpha value is -1.92. The van der Waals surface area contributed by atoms with Crippen LogP contribution in [0.5, 0.6) is 0 Å². The van der Waals surface area contributed by atoms with Crippen molar-refractivity contribution in [3.63, 3.8) is 0 Å². The first-order valence-electron chi connectivity index (χ1n) is 6.80. The average molecular weight is 354 g/mol. The molecule has 1 aromatic heterocycles. The molecule has 2 rings (SSSR count). The van der Waals surface area contributed by atoms with Crippen molar-refractivity contribution in [1.29, 1.82) is 0 Å². The van der Waals surface area contributed by atoms with Gasteiger partial charge in [-0.2, -0.15) is 0 Å². The van der Waals surface area contributed by atoms with Gasteiger partial charge in [0.1, 0.15) is 17.1 Å². The molecule has 0 spiro atoms. The quantitative estimate of drug-likeness (QED) is 0.797. The Morgan fingerprint density at radius 1 is 1.30 bits per heavy atom. The molecule has 0 saturated carbocycles. The van der Waals surface area contributed by atoms with Crippen LogP contribution in [0.15, 0.2) is 34.7 Å². The highest BCUT2D eigenvalue weighted by Crippen LogP contribution is 2.20. The molecule has 0 saturated heterocycles. The van der Waals surface area contributed by atoms with Gasteiger partial charge in [-0.3, -0.25) is 4.79 Å². The number of nitrogens with one attached hydrogen (secondary N) is 1. The van der Waals surface area contributed by atoms with Gasteiger partial charge in [0.05, 0.1) is 18.6 Å². The van der Waals surface area contributed by atoms with E-state index in [-0.39, 0.29) is 11.7 Å². The third-order valence-electron chi connectivity index (χ3n) is 2.98. The van der Waals surface area contributed by atoms with E-state index in [4.69, 9.17) is 16.0 Å². The first-order chi connectivity index (χ1) is 11.0. The summed E-state index contributed by atoms with van der Waals surface area (Å²) in [5.41, 5.74) is 1.11. The SMILES string of the molecule is COC(=O)c1cc(CSCC(=O)Nc2ccc(Cl)cc2)oc1C. The molecule has 2 aromatic rings. The predicted octanol–water partition coefficient (Wildman–Crippen LogP) is 3.90. The Morgan fingerprint density at radius 2 is 2.00 bits per heavy atom. The molecule has 0 radical (unpaired) electrons. The third kappa shape index (κ3) is 5.04. The number of benzene rings is 1. The van der Waals surface area contributed by atoms with Crippen LogP contribution in [0.1, 0.15) is 21.9 Å². The van der Waals surface area contributed by atoms with Gasteiger partial charge in [-0.15, -0.1) is 11.8 Å². The van der Waals surface area contributed by atoms with E-state index in [1.54, 1.807) is 37.3 Å². The van der Waals surface area contributed by atoms with E-state index in [9.17, 15) is 9.59 Å². The fourth-order valence-corrected chi connectivity index (χ4v) is 2.73. The Kier molecular flexibility index (Phi) is 6.12. The molecular weight excluding hydrogens is 338 g/mol. The normalized spacial score (nSPS) is 10.4. The number of amides is 1. The zero-order valence-corrected chi connectivity index (χ0v) is 14.3. The largest absolute Gasteiger partial charge is 0.465 e. The number of hydrogen-bond donors (Lipinski definition) is 1. The lowest BCUT2D eigenvalue weighted by molar-refractivity contribution is -0.113. The highest BCUT2D eigenvalue weighted by atomic mass is 35.5. The Morgan fingerprint density at radius 3 is 2.65 bits per heavy atom. The summed E-state index contributed by atoms with van der Waals surface area (Å²) in [5.74, 6) is 1.36. The molecule has 7 heteroatoms. The summed E-state index contributed by atoms with van der Waals surface area (Å²) in [5, 5.41) is 3.39. The molecule has 1 amide bonds. The second-order valence-corrected chi connectivity index (χ2v) is 6.14. The van der Waals surface area contributed by atoms with E-state index >= 15 is 0 Å². The van der Waals surface area contributed by atoms with Gasteiger partial charge >= 0.3 is 5.97 Å². The fourth-order valence-electron chi connectivity index (χ4n) is 1.90. The van der Waals surface area contributed by atoms with Crippen LogP contribution in [0.4, 0.5) is 5.69 Å².